The Morgan fingerprint density at radius 2 is 2.31 bits per heavy atom. The highest BCUT2D eigenvalue weighted by Gasteiger charge is 2.06. The monoisotopic (exact) mass is 257 g/mol. The van der Waals surface area contributed by atoms with Crippen molar-refractivity contribution in [2.24, 2.45) is 0 Å². The molecule has 0 aliphatic rings. The summed E-state index contributed by atoms with van der Waals surface area (Å²) in [6.45, 7) is 0. The predicted octanol–water partition coefficient (Wildman–Crippen LogP) is 2.16. The van der Waals surface area contributed by atoms with Crippen LogP contribution in [-0.2, 0) is 0 Å². The molecule has 0 radical (unpaired) electrons. The van der Waals surface area contributed by atoms with E-state index < -0.39 is 0 Å². The number of halogens is 1. The second kappa shape index (κ2) is 3.08. The lowest BCUT2D eigenvalue weighted by molar-refractivity contribution is 0.112. The fourth-order valence-corrected chi connectivity index (χ4v) is 2.24. The average molecular weight is 258 g/mol. The Morgan fingerprint density at radius 3 is 3.00 bits per heavy atom. The Bertz CT molecular complexity index is 528. The normalized spacial score (nSPS) is 10.5. The summed E-state index contributed by atoms with van der Waals surface area (Å²) in [7, 11) is 0. The number of carbonyl (C=O) groups excluding carboxylic acids is 1. The molecule has 0 aromatic carbocycles. The van der Waals surface area contributed by atoms with Crippen LogP contribution in [0.5, 0.6) is 0 Å². The van der Waals surface area contributed by atoms with E-state index in [1.807, 2.05) is 0 Å². The third kappa shape index (κ3) is 1.34. The third-order valence-corrected chi connectivity index (χ3v) is 3.24. The fraction of sp³-hybridized carbons (Fsp3) is 0. The van der Waals surface area contributed by atoms with Gasteiger partial charge in [-0.15, -0.1) is 11.3 Å². The van der Waals surface area contributed by atoms with Crippen molar-refractivity contribution in [1.29, 1.82) is 0 Å². The van der Waals surface area contributed by atoms with Gasteiger partial charge in [-0.1, -0.05) is 0 Å². The van der Waals surface area contributed by atoms with E-state index in [0.717, 1.165) is 11.1 Å². The van der Waals surface area contributed by atoms with Gasteiger partial charge in [-0.25, -0.2) is 0 Å². The molecule has 0 fully saturated rings. The molecule has 5 heteroatoms. The van der Waals surface area contributed by atoms with Crippen molar-refractivity contribution >= 4 is 43.8 Å². The van der Waals surface area contributed by atoms with Gasteiger partial charge in [-0.2, -0.15) is 0 Å². The van der Waals surface area contributed by atoms with Crippen molar-refractivity contribution in [3.8, 4) is 0 Å². The summed E-state index contributed by atoms with van der Waals surface area (Å²) in [5.74, 6) is 0. The van der Waals surface area contributed by atoms with Gasteiger partial charge in [0.05, 0.1) is 14.7 Å². The number of pyridine rings is 1. The molecule has 0 aliphatic carbocycles. The fourth-order valence-electron chi connectivity index (χ4n) is 1.07. The summed E-state index contributed by atoms with van der Waals surface area (Å²) in [6.07, 6.45) is 2.32. The molecule has 66 valence electrons. The van der Waals surface area contributed by atoms with Crippen molar-refractivity contribution in [2.75, 3.05) is 0 Å². The Kier molecular flexibility index (Phi) is 2.05. The molecular weight excluding hydrogens is 254 g/mol. The second-order valence-electron chi connectivity index (χ2n) is 2.48. The van der Waals surface area contributed by atoms with E-state index in [9.17, 15) is 9.59 Å². The number of rotatable bonds is 1. The van der Waals surface area contributed by atoms with Gasteiger partial charge in [0, 0.05) is 6.20 Å². The van der Waals surface area contributed by atoms with Crippen LogP contribution in [-0.4, -0.2) is 11.3 Å². The van der Waals surface area contributed by atoms with Crippen molar-refractivity contribution in [2.45, 2.75) is 0 Å². The van der Waals surface area contributed by atoms with Crippen LogP contribution in [0, 0.1) is 0 Å². The zero-order chi connectivity index (χ0) is 9.42. The minimum Gasteiger partial charge on any atom is -0.352 e. The topological polar surface area (TPSA) is 49.9 Å². The minimum atomic E-state index is -0.0851. The Morgan fingerprint density at radius 1 is 1.54 bits per heavy atom. The summed E-state index contributed by atoms with van der Waals surface area (Å²) in [4.78, 5) is 26.2. The van der Waals surface area contributed by atoms with Gasteiger partial charge in [0.15, 0.2) is 6.29 Å². The number of hydrogen-bond acceptors (Lipinski definition) is 3. The maximum atomic E-state index is 11.5. The molecule has 2 aromatic heterocycles. The Hall–Kier alpha value is -0.940. The van der Waals surface area contributed by atoms with Crippen LogP contribution in [0.2, 0.25) is 0 Å². The number of nitrogens with one attached hydrogen (secondary N) is 1. The van der Waals surface area contributed by atoms with E-state index in [1.165, 1.54) is 11.3 Å². The van der Waals surface area contributed by atoms with Crippen molar-refractivity contribution in [3.63, 3.8) is 0 Å². The molecule has 2 rings (SSSR count). The first-order valence-electron chi connectivity index (χ1n) is 3.48. The molecule has 0 saturated carbocycles. The van der Waals surface area contributed by atoms with Gasteiger partial charge in [0.1, 0.15) is 4.83 Å². The first kappa shape index (κ1) is 8.65. The van der Waals surface area contributed by atoms with Gasteiger partial charge in [0.2, 0.25) is 5.43 Å². The number of hydrogen-bond donors (Lipinski definition) is 1. The van der Waals surface area contributed by atoms with E-state index in [-0.39, 0.29) is 5.43 Å². The summed E-state index contributed by atoms with van der Waals surface area (Å²) in [5, 5.41) is 0.557. The molecule has 0 spiro atoms. The highest BCUT2D eigenvalue weighted by Crippen LogP contribution is 2.20. The standard InChI is InChI=1S/C8H4BrNO2S/c9-6-2-10-8-5(7(6)12)1-4(3-11)13-8/h1-3H,(H,10,12). The molecule has 0 bridgehead atoms. The molecule has 13 heavy (non-hydrogen) atoms. The first-order chi connectivity index (χ1) is 6.22. The largest absolute Gasteiger partial charge is 0.352 e. The minimum absolute atomic E-state index is 0.0851. The number of fused-ring (bicyclic) bond motifs is 1. The summed E-state index contributed by atoms with van der Waals surface area (Å²) in [5.41, 5.74) is -0.0851. The number of aromatic amines is 1. The highest BCUT2D eigenvalue weighted by atomic mass is 79.9. The predicted molar refractivity (Wildman–Crippen MR) is 55.5 cm³/mol. The van der Waals surface area contributed by atoms with Crippen LogP contribution >= 0.6 is 27.3 Å². The SMILES string of the molecule is O=Cc1cc2c(=O)c(Br)c[nH]c2s1. The van der Waals surface area contributed by atoms with Crippen LogP contribution in [0.4, 0.5) is 0 Å². The molecule has 1 N–H and O–H groups in total. The zero-order valence-corrected chi connectivity index (χ0v) is 8.74. The summed E-state index contributed by atoms with van der Waals surface area (Å²) in [6, 6.07) is 1.59. The lowest BCUT2D eigenvalue weighted by Crippen LogP contribution is -2.00. The molecule has 3 nitrogen and oxygen atoms in total. The van der Waals surface area contributed by atoms with Crippen LogP contribution in [0.15, 0.2) is 21.5 Å². The van der Waals surface area contributed by atoms with Crippen LogP contribution in [0.1, 0.15) is 9.67 Å². The third-order valence-electron chi connectivity index (χ3n) is 1.66. The van der Waals surface area contributed by atoms with Crippen molar-refractivity contribution in [3.05, 3.63) is 31.8 Å². The second-order valence-corrected chi connectivity index (χ2v) is 4.41. The Balaban J connectivity index is 2.92. The molecule has 0 amide bonds. The number of aromatic nitrogens is 1. The maximum absolute atomic E-state index is 11.5. The van der Waals surface area contributed by atoms with Crippen LogP contribution in [0.3, 0.4) is 0 Å². The Labute approximate surface area is 85.5 Å². The number of carbonyl (C=O) groups is 1. The zero-order valence-electron chi connectivity index (χ0n) is 6.33. The van der Waals surface area contributed by atoms with Gasteiger partial charge in [-0.3, -0.25) is 9.59 Å². The number of thiophene rings is 1. The van der Waals surface area contributed by atoms with E-state index in [2.05, 4.69) is 20.9 Å². The molecule has 0 unspecified atom stereocenters. The smallest absolute Gasteiger partial charge is 0.204 e. The van der Waals surface area contributed by atoms with E-state index in [4.69, 9.17) is 0 Å². The van der Waals surface area contributed by atoms with Crippen molar-refractivity contribution in [1.82, 2.24) is 4.98 Å². The van der Waals surface area contributed by atoms with Gasteiger partial charge >= 0.3 is 0 Å². The average Bonchev–Trinajstić information content (AvgIpc) is 2.55. The lowest BCUT2D eigenvalue weighted by atomic mass is 10.3. The van der Waals surface area contributed by atoms with Crippen molar-refractivity contribution < 1.29 is 4.79 Å². The van der Waals surface area contributed by atoms with E-state index >= 15 is 0 Å². The molecule has 0 aliphatic heterocycles. The van der Waals surface area contributed by atoms with E-state index in [0.29, 0.717) is 14.7 Å². The van der Waals surface area contributed by atoms with Gasteiger partial charge < -0.3 is 4.98 Å². The lowest BCUT2D eigenvalue weighted by Gasteiger charge is -1.89. The summed E-state index contributed by atoms with van der Waals surface area (Å²) < 4.78 is 0.482. The molecule has 0 atom stereocenters. The number of H-pyrrole nitrogens is 1. The molecule has 2 aromatic rings. The van der Waals surface area contributed by atoms with E-state index in [1.54, 1.807) is 12.3 Å². The van der Waals surface area contributed by atoms with Gasteiger partial charge in [-0.05, 0) is 22.0 Å². The number of aldehydes is 1. The highest BCUT2D eigenvalue weighted by molar-refractivity contribution is 9.10. The first-order valence-corrected chi connectivity index (χ1v) is 5.09. The summed E-state index contributed by atoms with van der Waals surface area (Å²) >= 11 is 4.40. The maximum Gasteiger partial charge on any atom is 0.204 e. The molecular formula is C8H4BrNO2S. The quantitative estimate of drug-likeness (QED) is 0.797. The van der Waals surface area contributed by atoms with Crippen LogP contribution < -0.4 is 5.43 Å². The van der Waals surface area contributed by atoms with Crippen LogP contribution in [0.25, 0.3) is 10.2 Å². The van der Waals surface area contributed by atoms with Gasteiger partial charge in [0.25, 0.3) is 0 Å². The molecule has 0 saturated heterocycles. The molecule has 2 heterocycles.